The highest BCUT2D eigenvalue weighted by Gasteiger charge is 2.23. The van der Waals surface area contributed by atoms with Gasteiger partial charge in [-0.15, -0.1) is 0 Å². The van der Waals surface area contributed by atoms with Crippen molar-refractivity contribution in [1.82, 2.24) is 20.0 Å². The van der Waals surface area contributed by atoms with Gasteiger partial charge in [0.15, 0.2) is 6.61 Å². The Morgan fingerprint density at radius 1 is 0.692 bits per heavy atom. The van der Waals surface area contributed by atoms with Crippen LogP contribution in [0, 0.1) is 0 Å². The molecule has 0 unspecified atom stereocenters. The minimum Gasteiger partial charge on any atom is -0.481 e. The van der Waals surface area contributed by atoms with Crippen LogP contribution in [0.1, 0.15) is 53.4 Å². The van der Waals surface area contributed by atoms with Gasteiger partial charge < -0.3 is 39.7 Å². The molecule has 0 spiro atoms. The fourth-order valence-corrected chi connectivity index (χ4v) is 3.00. The van der Waals surface area contributed by atoms with Gasteiger partial charge in [-0.3, -0.25) is 28.8 Å². The van der Waals surface area contributed by atoms with Gasteiger partial charge in [-0.05, 0) is 13.8 Å². The third kappa shape index (κ3) is 21.4. The molecule has 14 nitrogen and oxygen atoms in total. The van der Waals surface area contributed by atoms with Crippen LogP contribution in [0.5, 0.6) is 0 Å². The Balaban J connectivity index is 0. The second-order valence-corrected chi connectivity index (χ2v) is 8.22. The fraction of sp³-hybridized carbons (Fsp3) is 0.760. The number of aliphatic carboxylic acids is 2. The van der Waals surface area contributed by atoms with E-state index in [9.17, 15) is 28.8 Å². The molecule has 1 fully saturated rings. The number of carbonyl (C=O) groups is 6. The zero-order chi connectivity index (χ0) is 30.1. The highest BCUT2D eigenvalue weighted by atomic mass is 16.5. The number of nitrogens with one attached hydrogen (secondary N) is 1. The Bertz CT molecular complexity index is 732. The molecule has 0 bridgehead atoms. The second-order valence-electron chi connectivity index (χ2n) is 8.22. The standard InChI is InChI=1S/C17H26N4O9.C4H10O.C4H10/c22-12-30-11-15(25)20-4-2-18-1-3-19(13(23)9-16(26)27)5-7-21(8-6-20)14(24)10-17(28)29;1-3-5-4-2;1-3-4-2/h12,18H,1-11H2,(H,26,27)(H,28,29);3-4H2,1-2H3;3-4H2,1-2H3. The van der Waals surface area contributed by atoms with Crippen molar-refractivity contribution in [2.45, 2.75) is 53.4 Å². The minimum absolute atomic E-state index is 0.0000956. The second kappa shape index (κ2) is 25.0. The van der Waals surface area contributed by atoms with E-state index in [0.29, 0.717) is 13.1 Å². The lowest BCUT2D eigenvalue weighted by atomic mass is 10.3. The molecule has 0 saturated carbocycles. The van der Waals surface area contributed by atoms with Crippen LogP contribution in [0.15, 0.2) is 0 Å². The maximum atomic E-state index is 12.3. The van der Waals surface area contributed by atoms with Crippen LogP contribution in [-0.4, -0.2) is 133 Å². The average molecular weight is 563 g/mol. The van der Waals surface area contributed by atoms with Crippen LogP contribution >= 0.6 is 0 Å². The van der Waals surface area contributed by atoms with Crippen molar-refractivity contribution in [3.63, 3.8) is 0 Å². The number of carboxylic acids is 2. The molecule has 0 aliphatic carbocycles. The van der Waals surface area contributed by atoms with Crippen molar-refractivity contribution < 1.29 is 48.5 Å². The van der Waals surface area contributed by atoms with Crippen LogP contribution in [0.4, 0.5) is 0 Å². The molecule has 1 heterocycles. The molecule has 0 aromatic heterocycles. The number of rotatable bonds is 10. The highest BCUT2D eigenvalue weighted by Crippen LogP contribution is 2.03. The Kier molecular flexibility index (Phi) is 24.3. The number of hydrogen-bond acceptors (Lipinski definition) is 9. The van der Waals surface area contributed by atoms with Gasteiger partial charge in [0.1, 0.15) is 12.8 Å². The van der Waals surface area contributed by atoms with Crippen molar-refractivity contribution in [3.05, 3.63) is 0 Å². The molecular weight excluding hydrogens is 516 g/mol. The van der Waals surface area contributed by atoms with Crippen molar-refractivity contribution in [3.8, 4) is 0 Å². The van der Waals surface area contributed by atoms with Gasteiger partial charge in [0, 0.05) is 65.6 Å². The Morgan fingerprint density at radius 3 is 1.38 bits per heavy atom. The number of amides is 3. The topological polar surface area (TPSA) is 183 Å². The smallest absolute Gasteiger partial charge is 0.312 e. The Labute approximate surface area is 230 Å². The zero-order valence-corrected chi connectivity index (χ0v) is 23.7. The van der Waals surface area contributed by atoms with Gasteiger partial charge in [0.2, 0.25) is 11.8 Å². The van der Waals surface area contributed by atoms with E-state index in [0.717, 1.165) is 13.2 Å². The van der Waals surface area contributed by atoms with Gasteiger partial charge in [0.05, 0.1) is 0 Å². The first-order chi connectivity index (χ1) is 18.6. The van der Waals surface area contributed by atoms with Crippen molar-refractivity contribution in [1.29, 1.82) is 0 Å². The first-order valence-electron chi connectivity index (χ1n) is 13.2. The van der Waals surface area contributed by atoms with E-state index in [1.54, 1.807) is 0 Å². The molecule has 1 rings (SSSR count). The number of carboxylic acid groups (broad SMARTS) is 2. The molecular formula is C25H46N4O10. The largest absolute Gasteiger partial charge is 0.481 e. The molecule has 226 valence electrons. The summed E-state index contributed by atoms with van der Waals surface area (Å²) in [6, 6.07) is 0. The summed E-state index contributed by atoms with van der Waals surface area (Å²) in [7, 11) is 0. The Morgan fingerprint density at radius 2 is 1.08 bits per heavy atom. The number of unbranched alkanes of at least 4 members (excludes halogenated alkanes) is 1. The van der Waals surface area contributed by atoms with Gasteiger partial charge in [0.25, 0.3) is 12.4 Å². The molecule has 0 radical (unpaired) electrons. The van der Waals surface area contributed by atoms with Gasteiger partial charge in [-0.1, -0.05) is 26.7 Å². The molecule has 1 saturated heterocycles. The van der Waals surface area contributed by atoms with Crippen molar-refractivity contribution >= 4 is 36.1 Å². The lowest BCUT2D eigenvalue weighted by Gasteiger charge is -2.31. The monoisotopic (exact) mass is 562 g/mol. The minimum atomic E-state index is -1.32. The summed E-state index contributed by atoms with van der Waals surface area (Å²) < 4.78 is 9.31. The molecule has 14 heteroatoms. The maximum absolute atomic E-state index is 12.3. The summed E-state index contributed by atoms with van der Waals surface area (Å²) in [5, 5.41) is 20.8. The molecule has 3 amide bonds. The number of ether oxygens (including phenoxy) is 2. The molecule has 39 heavy (non-hydrogen) atoms. The zero-order valence-electron chi connectivity index (χ0n) is 23.7. The number of hydrogen-bond donors (Lipinski definition) is 3. The summed E-state index contributed by atoms with van der Waals surface area (Å²) in [4.78, 5) is 72.6. The third-order valence-electron chi connectivity index (χ3n) is 5.24. The molecule has 0 aromatic rings. The predicted octanol–water partition coefficient (Wildman–Crippen LogP) is 0.0470. The number of nitrogens with zero attached hydrogens (tertiary/aromatic N) is 3. The molecule has 3 N–H and O–H groups in total. The van der Waals surface area contributed by atoms with E-state index >= 15 is 0 Å². The third-order valence-corrected chi connectivity index (χ3v) is 5.24. The summed E-state index contributed by atoms with van der Waals surface area (Å²) in [5.74, 6) is -4.37. The predicted molar refractivity (Wildman–Crippen MR) is 142 cm³/mol. The summed E-state index contributed by atoms with van der Waals surface area (Å²) in [5.41, 5.74) is 0. The summed E-state index contributed by atoms with van der Waals surface area (Å²) >= 11 is 0. The first kappa shape index (κ1) is 37.9. The van der Waals surface area contributed by atoms with Crippen LogP contribution < -0.4 is 5.32 Å². The molecule has 1 aliphatic heterocycles. The lowest BCUT2D eigenvalue weighted by Crippen LogP contribution is -2.49. The fourth-order valence-electron chi connectivity index (χ4n) is 3.00. The van der Waals surface area contributed by atoms with E-state index in [-0.39, 0.29) is 45.7 Å². The van der Waals surface area contributed by atoms with Crippen LogP contribution in [-0.2, 0) is 38.2 Å². The van der Waals surface area contributed by atoms with E-state index < -0.39 is 49.1 Å². The van der Waals surface area contributed by atoms with Crippen molar-refractivity contribution in [2.24, 2.45) is 0 Å². The van der Waals surface area contributed by atoms with Gasteiger partial charge >= 0.3 is 11.9 Å². The average Bonchev–Trinajstić information content (AvgIpc) is 2.87. The quantitative estimate of drug-likeness (QED) is 0.241. The van der Waals surface area contributed by atoms with Crippen LogP contribution in [0.25, 0.3) is 0 Å². The maximum Gasteiger partial charge on any atom is 0.312 e. The van der Waals surface area contributed by atoms with Gasteiger partial charge in [-0.2, -0.15) is 0 Å². The normalized spacial score (nSPS) is 14.2. The van der Waals surface area contributed by atoms with Crippen molar-refractivity contribution in [2.75, 3.05) is 72.2 Å². The first-order valence-corrected chi connectivity index (χ1v) is 13.2. The lowest BCUT2D eigenvalue weighted by molar-refractivity contribution is -0.148. The van der Waals surface area contributed by atoms with E-state index in [1.807, 2.05) is 13.8 Å². The summed E-state index contributed by atoms with van der Waals surface area (Å²) in [6.07, 6.45) is 1.19. The van der Waals surface area contributed by atoms with Crippen LogP contribution in [0.2, 0.25) is 0 Å². The molecule has 0 atom stereocenters. The van der Waals surface area contributed by atoms with E-state index in [4.69, 9.17) is 14.9 Å². The van der Waals surface area contributed by atoms with E-state index in [2.05, 4.69) is 23.9 Å². The van der Waals surface area contributed by atoms with Gasteiger partial charge in [-0.25, -0.2) is 0 Å². The highest BCUT2D eigenvalue weighted by molar-refractivity contribution is 5.94. The summed E-state index contributed by atoms with van der Waals surface area (Å²) in [6.45, 7) is 10.9. The molecule has 1 aliphatic rings. The number of carbonyl (C=O) groups excluding carboxylic acids is 4. The van der Waals surface area contributed by atoms with Crippen LogP contribution in [0.3, 0.4) is 0 Å². The van der Waals surface area contributed by atoms with E-state index in [1.165, 1.54) is 27.5 Å². The molecule has 0 aromatic carbocycles. The Hall–Kier alpha value is -3.26. The SMILES string of the molecule is CCCC.CCOCC.O=COCC(=O)N1CCNCCN(C(=O)CC(=O)O)CCN(C(=O)CC(=O)O)CC1.